The Morgan fingerprint density at radius 1 is 1.10 bits per heavy atom. The maximum Gasteiger partial charge on any atom is 0.455 e. The van der Waals surface area contributed by atoms with E-state index in [1.54, 1.807) is 0 Å². The van der Waals surface area contributed by atoms with Crippen LogP contribution >= 0.6 is 0 Å². The van der Waals surface area contributed by atoms with Crippen LogP contribution in [0.25, 0.3) is 11.0 Å². The Balaban J connectivity index is 2.83. The normalized spacial score (nSPS) is 12.9. The predicted octanol–water partition coefficient (Wildman–Crippen LogP) is 3.90. The fourth-order valence-electron chi connectivity index (χ4n) is 1.65. The van der Waals surface area contributed by atoms with Crippen molar-refractivity contribution in [1.82, 2.24) is 0 Å². The molecule has 0 aliphatic carbocycles. The van der Waals surface area contributed by atoms with Crippen molar-refractivity contribution in [1.29, 1.82) is 0 Å². The smallest absolute Gasteiger partial charge is 0.455 e. The maximum absolute atomic E-state index is 12.7. The van der Waals surface area contributed by atoms with E-state index in [1.165, 1.54) is 0 Å². The molecule has 0 spiro atoms. The Hall–Kier alpha value is -2.19. The van der Waals surface area contributed by atoms with Gasteiger partial charge in [-0.1, -0.05) is 0 Å². The van der Waals surface area contributed by atoms with Crippen LogP contribution in [-0.4, -0.2) is 17.1 Å². The summed E-state index contributed by atoms with van der Waals surface area (Å²) < 4.78 is 79.4. The highest BCUT2D eigenvalue weighted by atomic mass is 19.4. The average molecular weight is 298 g/mol. The highest BCUT2D eigenvalue weighted by molar-refractivity contribution is 6.11. The Kier molecular flexibility index (Phi) is 2.95. The van der Waals surface area contributed by atoms with Crippen LogP contribution in [0, 0.1) is 0 Å². The third-order valence-corrected chi connectivity index (χ3v) is 2.41. The Morgan fingerprint density at radius 2 is 1.70 bits per heavy atom. The number of hydrogen-bond acceptors (Lipinski definition) is 3. The molecule has 2 aromatic rings. The van der Waals surface area contributed by atoms with E-state index in [0.717, 1.165) is 12.1 Å². The van der Waals surface area contributed by atoms with Crippen molar-refractivity contribution in [3.8, 4) is 5.75 Å². The maximum atomic E-state index is 12.7. The number of fused-ring (bicyclic) bond motifs is 1. The lowest BCUT2D eigenvalue weighted by Crippen LogP contribution is -2.25. The van der Waals surface area contributed by atoms with Gasteiger partial charge in [0.15, 0.2) is 0 Å². The number of alkyl halides is 6. The number of Topliss-reactive ketones (excluding diaryl/α,β-unsaturated/α-hetero) is 1. The third-order valence-electron chi connectivity index (χ3n) is 2.41. The Labute approximate surface area is 106 Å². The largest absolute Gasteiger partial charge is 0.508 e. The number of phenolic OH excluding ortho intramolecular Hbond substituents is 1. The summed E-state index contributed by atoms with van der Waals surface area (Å²) in [4.78, 5) is 11.2. The van der Waals surface area contributed by atoms with Gasteiger partial charge in [-0.25, -0.2) is 0 Å². The van der Waals surface area contributed by atoms with Gasteiger partial charge in [-0.05, 0) is 18.2 Å². The van der Waals surface area contributed by atoms with Gasteiger partial charge >= 0.3 is 12.4 Å². The zero-order valence-electron chi connectivity index (χ0n) is 9.26. The number of carbonyl (C=O) groups is 1. The van der Waals surface area contributed by atoms with Crippen molar-refractivity contribution >= 4 is 16.8 Å². The van der Waals surface area contributed by atoms with Gasteiger partial charge in [-0.15, -0.1) is 0 Å². The SMILES string of the molecule is O=C(c1c(C(F)(F)F)oc2ccc(O)cc12)C(F)(F)F. The number of furan rings is 1. The van der Waals surface area contributed by atoms with Crippen molar-refractivity contribution < 1.29 is 40.7 Å². The molecule has 20 heavy (non-hydrogen) atoms. The van der Waals surface area contributed by atoms with E-state index in [2.05, 4.69) is 4.42 Å². The van der Waals surface area contributed by atoms with Crippen LogP contribution in [0.5, 0.6) is 5.75 Å². The minimum absolute atomic E-state index is 0.581. The number of hydrogen-bond donors (Lipinski definition) is 1. The molecule has 0 atom stereocenters. The minimum atomic E-state index is -5.50. The molecule has 1 heterocycles. The lowest BCUT2D eigenvalue weighted by atomic mass is 10.1. The van der Waals surface area contributed by atoms with Crippen LogP contribution in [0.2, 0.25) is 0 Å². The van der Waals surface area contributed by atoms with Crippen LogP contribution in [0.15, 0.2) is 22.6 Å². The van der Waals surface area contributed by atoms with Crippen molar-refractivity contribution in [3.05, 3.63) is 29.5 Å². The molecule has 2 rings (SSSR count). The average Bonchev–Trinajstić information content (AvgIpc) is 2.64. The molecule has 0 radical (unpaired) electrons. The first-order chi connectivity index (χ1) is 9.01. The summed E-state index contributed by atoms with van der Waals surface area (Å²) >= 11 is 0. The highest BCUT2D eigenvalue weighted by Gasteiger charge is 2.48. The molecule has 0 aliphatic heterocycles. The van der Waals surface area contributed by atoms with E-state index in [9.17, 15) is 31.1 Å². The van der Waals surface area contributed by atoms with Gasteiger partial charge in [0, 0.05) is 5.39 Å². The molecule has 0 fully saturated rings. The monoisotopic (exact) mass is 298 g/mol. The molecule has 108 valence electrons. The topological polar surface area (TPSA) is 50.4 Å². The number of phenols is 1. The predicted molar refractivity (Wildman–Crippen MR) is 53.3 cm³/mol. The molecule has 1 N–H and O–H groups in total. The zero-order chi connectivity index (χ0) is 15.3. The number of rotatable bonds is 1. The number of benzene rings is 1. The summed E-state index contributed by atoms with van der Waals surface area (Å²) in [5.74, 6) is -5.32. The second-order valence-electron chi connectivity index (χ2n) is 3.81. The van der Waals surface area contributed by atoms with Gasteiger partial charge in [0.25, 0.3) is 5.78 Å². The lowest BCUT2D eigenvalue weighted by molar-refractivity contribution is -0.153. The third kappa shape index (κ3) is 2.30. The van der Waals surface area contributed by atoms with Crippen LogP contribution in [0.1, 0.15) is 16.1 Å². The second-order valence-corrected chi connectivity index (χ2v) is 3.81. The Morgan fingerprint density at radius 3 is 2.20 bits per heavy atom. The Bertz CT molecular complexity index is 680. The molecule has 0 unspecified atom stereocenters. The first-order valence-corrected chi connectivity index (χ1v) is 4.96. The molecule has 0 amide bonds. The lowest BCUT2D eigenvalue weighted by Gasteiger charge is -2.07. The standard InChI is InChI=1S/C11H4F6O3/c12-10(13,14)8(19)7-5-3-4(18)1-2-6(5)20-9(7)11(15,16)17/h1-3,18H. The molecule has 0 aliphatic rings. The van der Waals surface area contributed by atoms with Gasteiger partial charge in [0.2, 0.25) is 5.76 Å². The quantitative estimate of drug-likeness (QED) is 0.641. The van der Waals surface area contributed by atoms with E-state index in [4.69, 9.17) is 5.11 Å². The zero-order valence-corrected chi connectivity index (χ0v) is 9.26. The molecule has 0 bridgehead atoms. The number of aromatic hydroxyl groups is 1. The van der Waals surface area contributed by atoms with E-state index >= 15 is 0 Å². The fourth-order valence-corrected chi connectivity index (χ4v) is 1.65. The van der Waals surface area contributed by atoms with Gasteiger partial charge in [-0.2, -0.15) is 26.3 Å². The minimum Gasteiger partial charge on any atom is -0.508 e. The van der Waals surface area contributed by atoms with Gasteiger partial charge < -0.3 is 9.52 Å². The van der Waals surface area contributed by atoms with Crippen LogP contribution < -0.4 is 0 Å². The van der Waals surface area contributed by atoms with Crippen LogP contribution in [-0.2, 0) is 6.18 Å². The van der Waals surface area contributed by atoms with Crippen molar-refractivity contribution in [3.63, 3.8) is 0 Å². The summed E-state index contributed by atoms with van der Waals surface area (Å²) in [6.07, 6.45) is -10.8. The summed E-state index contributed by atoms with van der Waals surface area (Å²) in [5.41, 5.74) is -2.24. The van der Waals surface area contributed by atoms with Gasteiger partial charge in [-0.3, -0.25) is 4.79 Å². The van der Waals surface area contributed by atoms with E-state index in [0.29, 0.717) is 6.07 Å². The molecule has 3 nitrogen and oxygen atoms in total. The fraction of sp³-hybridized carbons (Fsp3) is 0.182. The van der Waals surface area contributed by atoms with Crippen LogP contribution in [0.4, 0.5) is 26.3 Å². The molecular weight excluding hydrogens is 294 g/mol. The summed E-state index contributed by atoms with van der Waals surface area (Å²) in [5, 5.41) is 8.39. The summed E-state index contributed by atoms with van der Waals surface area (Å²) in [6, 6.07) is 2.37. The molecule has 0 saturated heterocycles. The van der Waals surface area contributed by atoms with E-state index in [1.807, 2.05) is 0 Å². The number of halogens is 6. The molecule has 0 saturated carbocycles. The van der Waals surface area contributed by atoms with Crippen molar-refractivity contribution in [2.75, 3.05) is 0 Å². The number of carbonyl (C=O) groups excluding carboxylic acids is 1. The van der Waals surface area contributed by atoms with Crippen molar-refractivity contribution in [2.24, 2.45) is 0 Å². The molecule has 1 aromatic heterocycles. The van der Waals surface area contributed by atoms with Crippen molar-refractivity contribution in [2.45, 2.75) is 12.4 Å². The summed E-state index contributed by atoms with van der Waals surface area (Å²) in [6.45, 7) is 0. The molecule has 1 aromatic carbocycles. The highest BCUT2D eigenvalue weighted by Crippen LogP contribution is 2.41. The second kappa shape index (κ2) is 4.15. The molecular formula is C11H4F6O3. The molecule has 9 heteroatoms. The van der Waals surface area contributed by atoms with Gasteiger partial charge in [0.1, 0.15) is 11.3 Å². The number of ketones is 1. The first-order valence-electron chi connectivity index (χ1n) is 4.96. The summed E-state index contributed by atoms with van der Waals surface area (Å²) in [7, 11) is 0. The first kappa shape index (κ1) is 14.2. The van der Waals surface area contributed by atoms with E-state index in [-0.39, 0.29) is 0 Å². The van der Waals surface area contributed by atoms with E-state index < -0.39 is 46.2 Å². The van der Waals surface area contributed by atoms with Gasteiger partial charge in [0.05, 0.1) is 5.56 Å². The van der Waals surface area contributed by atoms with Crippen LogP contribution in [0.3, 0.4) is 0 Å².